The van der Waals surface area contributed by atoms with Crippen LogP contribution in [0.25, 0.3) is 5.69 Å². The number of carbonyl (C=O) groups is 1. The van der Waals surface area contributed by atoms with Crippen molar-refractivity contribution >= 4 is 5.97 Å². The zero-order valence-electron chi connectivity index (χ0n) is 10.2. The summed E-state index contributed by atoms with van der Waals surface area (Å²) in [6.45, 7) is 3.57. The van der Waals surface area contributed by atoms with Crippen LogP contribution in [-0.2, 0) is 0 Å². The molecule has 18 heavy (non-hydrogen) atoms. The number of benzene rings is 1. The Morgan fingerprint density at radius 3 is 2.22 bits per heavy atom. The highest BCUT2D eigenvalue weighted by atomic mass is 16.4. The predicted molar refractivity (Wildman–Crippen MR) is 68.5 cm³/mol. The van der Waals surface area contributed by atoms with Gasteiger partial charge in [0, 0.05) is 23.5 Å². The van der Waals surface area contributed by atoms with Crippen LogP contribution < -0.4 is 5.43 Å². The van der Waals surface area contributed by atoms with Gasteiger partial charge in [0.05, 0.1) is 11.3 Å². The van der Waals surface area contributed by atoms with Crippen LogP contribution in [-0.4, -0.2) is 15.6 Å². The molecule has 1 aromatic carbocycles. The molecular formula is C14H13NO3. The molecule has 92 valence electrons. The Kier molecular flexibility index (Phi) is 3.02. The van der Waals surface area contributed by atoms with Crippen molar-refractivity contribution < 1.29 is 9.90 Å². The van der Waals surface area contributed by atoms with Crippen LogP contribution in [0.2, 0.25) is 0 Å². The third-order valence-corrected chi connectivity index (χ3v) is 2.78. The second kappa shape index (κ2) is 4.49. The number of carboxylic acids is 1. The molecule has 0 unspecified atom stereocenters. The lowest BCUT2D eigenvalue weighted by atomic mass is 10.1. The molecule has 0 fully saturated rings. The summed E-state index contributed by atoms with van der Waals surface area (Å²) in [6, 6.07) is 9.72. The van der Waals surface area contributed by atoms with Crippen LogP contribution in [0.1, 0.15) is 21.7 Å². The van der Waals surface area contributed by atoms with E-state index in [0.29, 0.717) is 17.1 Å². The summed E-state index contributed by atoms with van der Waals surface area (Å²) in [7, 11) is 0. The second-order valence-corrected chi connectivity index (χ2v) is 4.13. The van der Waals surface area contributed by atoms with Gasteiger partial charge in [0.25, 0.3) is 0 Å². The normalized spacial score (nSPS) is 10.3. The van der Waals surface area contributed by atoms with Gasteiger partial charge in [-0.3, -0.25) is 4.79 Å². The summed E-state index contributed by atoms with van der Waals surface area (Å²) >= 11 is 0. The Bertz CT molecular complexity index is 645. The third-order valence-electron chi connectivity index (χ3n) is 2.78. The van der Waals surface area contributed by atoms with Gasteiger partial charge in [0.15, 0.2) is 5.43 Å². The lowest BCUT2D eigenvalue weighted by Gasteiger charge is -2.16. The molecule has 4 heteroatoms. The summed E-state index contributed by atoms with van der Waals surface area (Å²) < 4.78 is 1.77. The summed E-state index contributed by atoms with van der Waals surface area (Å²) in [6.07, 6.45) is 0. The van der Waals surface area contributed by atoms with E-state index in [0.717, 1.165) is 0 Å². The first-order valence-electron chi connectivity index (χ1n) is 5.53. The van der Waals surface area contributed by atoms with E-state index < -0.39 is 5.97 Å². The highest BCUT2D eigenvalue weighted by Crippen LogP contribution is 2.18. The van der Waals surface area contributed by atoms with Crippen molar-refractivity contribution in [3.63, 3.8) is 0 Å². The van der Waals surface area contributed by atoms with Gasteiger partial charge in [-0.05, 0) is 26.0 Å². The monoisotopic (exact) mass is 243 g/mol. The maximum absolute atomic E-state index is 11.4. The summed E-state index contributed by atoms with van der Waals surface area (Å²) in [5.41, 5.74) is 2.14. The Morgan fingerprint density at radius 2 is 1.67 bits per heavy atom. The van der Waals surface area contributed by atoms with Crippen LogP contribution >= 0.6 is 0 Å². The highest BCUT2D eigenvalue weighted by Gasteiger charge is 2.13. The van der Waals surface area contributed by atoms with Gasteiger partial charge < -0.3 is 9.67 Å². The molecule has 0 aliphatic carbocycles. The van der Waals surface area contributed by atoms with E-state index in [4.69, 9.17) is 0 Å². The van der Waals surface area contributed by atoms with E-state index in [1.807, 2.05) is 0 Å². The van der Waals surface area contributed by atoms with Gasteiger partial charge in [0.2, 0.25) is 0 Å². The molecule has 2 aromatic rings. The van der Waals surface area contributed by atoms with Gasteiger partial charge >= 0.3 is 5.97 Å². The molecule has 0 saturated carbocycles. The number of rotatable bonds is 2. The molecule has 1 heterocycles. The van der Waals surface area contributed by atoms with E-state index >= 15 is 0 Å². The largest absolute Gasteiger partial charge is 0.478 e. The first kappa shape index (κ1) is 12.1. The number of aromatic nitrogens is 1. The maximum atomic E-state index is 11.4. The molecule has 0 amide bonds. The van der Waals surface area contributed by atoms with E-state index in [1.165, 1.54) is 12.1 Å². The van der Waals surface area contributed by atoms with Crippen LogP contribution in [0.4, 0.5) is 0 Å². The molecule has 0 atom stereocenters. The highest BCUT2D eigenvalue weighted by molar-refractivity contribution is 5.92. The molecule has 0 spiro atoms. The average Bonchev–Trinajstić information content (AvgIpc) is 2.28. The Labute approximate surface area is 104 Å². The minimum atomic E-state index is -0.983. The van der Waals surface area contributed by atoms with Crippen LogP contribution in [0.15, 0.2) is 41.2 Å². The average molecular weight is 243 g/mol. The van der Waals surface area contributed by atoms with Crippen LogP contribution in [0.3, 0.4) is 0 Å². The fourth-order valence-electron chi connectivity index (χ4n) is 2.09. The molecule has 0 aliphatic rings. The van der Waals surface area contributed by atoms with Crippen molar-refractivity contribution in [1.29, 1.82) is 0 Å². The minimum Gasteiger partial charge on any atom is -0.478 e. The van der Waals surface area contributed by atoms with Crippen molar-refractivity contribution in [2.75, 3.05) is 0 Å². The van der Waals surface area contributed by atoms with Gasteiger partial charge in [-0.15, -0.1) is 0 Å². The molecule has 0 bridgehead atoms. The number of pyridine rings is 1. The van der Waals surface area contributed by atoms with E-state index in [1.54, 1.807) is 42.7 Å². The number of hydrogen-bond donors (Lipinski definition) is 1. The van der Waals surface area contributed by atoms with Gasteiger partial charge in [-0.1, -0.05) is 12.1 Å². The van der Waals surface area contributed by atoms with E-state index in [-0.39, 0.29) is 11.0 Å². The van der Waals surface area contributed by atoms with Crippen molar-refractivity contribution in [2.24, 2.45) is 0 Å². The molecule has 0 saturated heterocycles. The Morgan fingerprint density at radius 1 is 1.11 bits per heavy atom. The molecule has 1 aromatic heterocycles. The number of aryl methyl sites for hydroxylation is 2. The van der Waals surface area contributed by atoms with Crippen molar-refractivity contribution in [1.82, 2.24) is 4.57 Å². The molecule has 4 nitrogen and oxygen atoms in total. The quantitative estimate of drug-likeness (QED) is 0.879. The standard InChI is InChI=1S/C14H13NO3/c1-9-7-11(16)8-10(2)15(9)13-6-4-3-5-12(13)14(17)18/h3-8H,1-2H3,(H,17,18). The van der Waals surface area contributed by atoms with Crippen LogP contribution in [0, 0.1) is 13.8 Å². The fourth-order valence-corrected chi connectivity index (χ4v) is 2.09. The molecular weight excluding hydrogens is 230 g/mol. The van der Waals surface area contributed by atoms with Crippen molar-refractivity contribution in [3.05, 3.63) is 63.6 Å². The zero-order valence-corrected chi connectivity index (χ0v) is 10.2. The number of nitrogens with zero attached hydrogens (tertiary/aromatic N) is 1. The number of carboxylic acid groups (broad SMARTS) is 1. The molecule has 2 rings (SSSR count). The number of para-hydroxylation sites is 1. The van der Waals surface area contributed by atoms with Crippen molar-refractivity contribution in [2.45, 2.75) is 13.8 Å². The van der Waals surface area contributed by atoms with Gasteiger partial charge in [-0.25, -0.2) is 4.79 Å². The Hall–Kier alpha value is -2.36. The zero-order chi connectivity index (χ0) is 13.3. The first-order chi connectivity index (χ1) is 8.50. The molecule has 0 aliphatic heterocycles. The minimum absolute atomic E-state index is 0.0749. The number of aromatic carboxylic acids is 1. The second-order valence-electron chi connectivity index (χ2n) is 4.13. The fraction of sp³-hybridized carbons (Fsp3) is 0.143. The van der Waals surface area contributed by atoms with Crippen LogP contribution in [0.5, 0.6) is 0 Å². The maximum Gasteiger partial charge on any atom is 0.337 e. The third kappa shape index (κ3) is 2.05. The topological polar surface area (TPSA) is 59.3 Å². The lowest BCUT2D eigenvalue weighted by molar-refractivity contribution is 0.0697. The van der Waals surface area contributed by atoms with Gasteiger partial charge in [-0.2, -0.15) is 0 Å². The van der Waals surface area contributed by atoms with Crippen molar-refractivity contribution in [3.8, 4) is 5.69 Å². The summed E-state index contributed by atoms with van der Waals surface area (Å²) in [5.74, 6) is -0.983. The smallest absolute Gasteiger partial charge is 0.337 e. The Balaban J connectivity index is 2.78. The lowest BCUT2D eigenvalue weighted by Crippen LogP contribution is -2.14. The van der Waals surface area contributed by atoms with E-state index in [9.17, 15) is 14.7 Å². The summed E-state index contributed by atoms with van der Waals surface area (Å²) in [4.78, 5) is 22.6. The SMILES string of the molecule is Cc1cc(=O)cc(C)n1-c1ccccc1C(=O)O. The van der Waals surface area contributed by atoms with E-state index in [2.05, 4.69) is 0 Å². The molecule has 1 N–H and O–H groups in total. The van der Waals surface area contributed by atoms with Gasteiger partial charge in [0.1, 0.15) is 0 Å². The number of hydrogen-bond acceptors (Lipinski definition) is 2. The predicted octanol–water partition coefficient (Wildman–Crippen LogP) is 2.15. The summed E-state index contributed by atoms with van der Waals surface area (Å²) in [5, 5.41) is 9.19. The first-order valence-corrected chi connectivity index (χ1v) is 5.53. The molecule has 0 radical (unpaired) electrons.